The van der Waals surface area contributed by atoms with Crippen LogP contribution in [0.4, 0.5) is 0 Å². The number of aromatic nitrogens is 1. The molecule has 1 aromatic carbocycles. The Kier molecular flexibility index (Phi) is 2.39. The van der Waals surface area contributed by atoms with E-state index in [2.05, 4.69) is 17.1 Å². The molecular formula is C14H16N2O. The lowest BCUT2D eigenvalue weighted by atomic mass is 9.98. The van der Waals surface area contributed by atoms with E-state index in [1.807, 2.05) is 12.1 Å². The van der Waals surface area contributed by atoms with Crippen LogP contribution in [-0.4, -0.2) is 10.9 Å². The second kappa shape index (κ2) is 3.91. The lowest BCUT2D eigenvalue weighted by molar-refractivity contribution is -0.119. The predicted octanol–water partition coefficient (Wildman–Crippen LogP) is 2.46. The van der Waals surface area contributed by atoms with Crippen molar-refractivity contribution in [2.24, 2.45) is 5.73 Å². The quantitative estimate of drug-likeness (QED) is 0.724. The molecule has 1 aromatic heterocycles. The van der Waals surface area contributed by atoms with E-state index in [9.17, 15) is 4.79 Å². The summed E-state index contributed by atoms with van der Waals surface area (Å²) in [4.78, 5) is 14.9. The minimum atomic E-state index is -0.209. The number of nitrogens with two attached hydrogens (primary N) is 1. The molecule has 1 aliphatic rings. The van der Waals surface area contributed by atoms with Crippen molar-refractivity contribution in [1.82, 2.24) is 4.98 Å². The van der Waals surface area contributed by atoms with Crippen molar-refractivity contribution in [3.05, 3.63) is 35.5 Å². The van der Waals surface area contributed by atoms with E-state index >= 15 is 0 Å². The lowest BCUT2D eigenvalue weighted by Gasteiger charge is -2.09. The summed E-state index contributed by atoms with van der Waals surface area (Å²) < 4.78 is 0. The zero-order valence-electron chi connectivity index (χ0n) is 9.70. The Morgan fingerprint density at radius 2 is 2.12 bits per heavy atom. The Morgan fingerprint density at radius 1 is 1.29 bits per heavy atom. The van der Waals surface area contributed by atoms with Gasteiger partial charge in [0.25, 0.3) is 0 Å². The smallest absolute Gasteiger partial charge is 0.226 e. The number of amides is 1. The fraction of sp³-hybridized carbons (Fsp3) is 0.357. The third-order valence-electron chi connectivity index (χ3n) is 3.71. The van der Waals surface area contributed by atoms with Gasteiger partial charge in [0, 0.05) is 16.6 Å². The van der Waals surface area contributed by atoms with Crippen LogP contribution in [0.1, 0.15) is 36.4 Å². The van der Waals surface area contributed by atoms with Crippen molar-refractivity contribution < 1.29 is 4.79 Å². The molecule has 0 aliphatic heterocycles. The first-order valence-corrected chi connectivity index (χ1v) is 6.16. The molecule has 1 amide bonds. The number of nitrogens with one attached hydrogen (secondary N) is 1. The van der Waals surface area contributed by atoms with Crippen LogP contribution < -0.4 is 5.73 Å². The number of aryl methyl sites for hydroxylation is 1. The predicted molar refractivity (Wildman–Crippen MR) is 67.8 cm³/mol. The molecule has 0 fully saturated rings. The molecule has 0 radical (unpaired) electrons. The van der Waals surface area contributed by atoms with E-state index in [-0.39, 0.29) is 11.8 Å². The number of benzene rings is 1. The molecule has 0 saturated heterocycles. The van der Waals surface area contributed by atoms with Gasteiger partial charge in [0.05, 0.1) is 5.92 Å². The van der Waals surface area contributed by atoms with Gasteiger partial charge in [0.15, 0.2) is 0 Å². The number of rotatable bonds is 1. The van der Waals surface area contributed by atoms with Crippen LogP contribution in [0.3, 0.4) is 0 Å². The molecule has 1 heterocycles. The van der Waals surface area contributed by atoms with Crippen molar-refractivity contribution in [3.63, 3.8) is 0 Å². The summed E-state index contributed by atoms with van der Waals surface area (Å²) in [6, 6.07) is 8.23. The van der Waals surface area contributed by atoms with Crippen LogP contribution in [0.25, 0.3) is 10.9 Å². The molecule has 1 aliphatic carbocycles. The number of fused-ring (bicyclic) bond motifs is 3. The Morgan fingerprint density at radius 3 is 2.94 bits per heavy atom. The highest BCUT2D eigenvalue weighted by molar-refractivity contribution is 5.89. The van der Waals surface area contributed by atoms with Crippen molar-refractivity contribution in [3.8, 4) is 0 Å². The number of H-pyrrole nitrogens is 1. The second-order valence-electron chi connectivity index (χ2n) is 4.76. The number of aromatic amines is 1. The Labute approximate surface area is 100 Å². The summed E-state index contributed by atoms with van der Waals surface area (Å²) in [7, 11) is 0. The molecule has 1 atom stereocenters. The third kappa shape index (κ3) is 1.62. The molecule has 0 saturated carbocycles. The number of para-hydroxylation sites is 1. The highest BCUT2D eigenvalue weighted by Gasteiger charge is 2.26. The minimum absolute atomic E-state index is 0.139. The standard InChI is InChI=1S/C14H16N2O/c15-14(17)11-7-2-1-6-10-9-5-3-4-8-12(9)16-13(10)11/h3-5,8,11,16H,1-2,6-7H2,(H2,15,17). The molecule has 3 rings (SSSR count). The van der Waals surface area contributed by atoms with Gasteiger partial charge in [-0.15, -0.1) is 0 Å². The summed E-state index contributed by atoms with van der Waals surface area (Å²) in [5.74, 6) is -0.348. The first kappa shape index (κ1) is 10.4. The number of hydrogen-bond donors (Lipinski definition) is 2. The van der Waals surface area contributed by atoms with Crippen molar-refractivity contribution >= 4 is 16.8 Å². The maximum atomic E-state index is 11.5. The zero-order valence-corrected chi connectivity index (χ0v) is 9.70. The SMILES string of the molecule is NC(=O)C1CCCCc2c1[nH]c1ccccc21. The van der Waals surface area contributed by atoms with E-state index in [0.717, 1.165) is 36.9 Å². The molecule has 3 nitrogen and oxygen atoms in total. The highest BCUT2D eigenvalue weighted by Crippen LogP contribution is 2.34. The minimum Gasteiger partial charge on any atom is -0.369 e. The molecule has 1 unspecified atom stereocenters. The summed E-state index contributed by atoms with van der Waals surface area (Å²) in [6.07, 6.45) is 4.13. The van der Waals surface area contributed by atoms with Crippen LogP contribution in [0.5, 0.6) is 0 Å². The van der Waals surface area contributed by atoms with E-state index < -0.39 is 0 Å². The fourth-order valence-electron chi connectivity index (χ4n) is 2.87. The maximum absolute atomic E-state index is 11.5. The molecule has 2 aromatic rings. The zero-order chi connectivity index (χ0) is 11.8. The number of hydrogen-bond acceptors (Lipinski definition) is 1. The second-order valence-corrected chi connectivity index (χ2v) is 4.76. The van der Waals surface area contributed by atoms with Gasteiger partial charge in [-0.2, -0.15) is 0 Å². The Balaban J connectivity index is 2.23. The van der Waals surface area contributed by atoms with Crippen LogP contribution in [0, 0.1) is 0 Å². The van der Waals surface area contributed by atoms with Gasteiger partial charge < -0.3 is 10.7 Å². The Hall–Kier alpha value is -1.77. The first-order valence-electron chi connectivity index (χ1n) is 6.16. The number of carbonyl (C=O) groups is 1. The summed E-state index contributed by atoms with van der Waals surface area (Å²) in [5.41, 5.74) is 8.98. The summed E-state index contributed by atoms with van der Waals surface area (Å²) in [6.45, 7) is 0. The van der Waals surface area contributed by atoms with Gasteiger partial charge in [-0.1, -0.05) is 24.6 Å². The molecule has 0 bridgehead atoms. The average Bonchev–Trinajstić information content (AvgIpc) is 2.54. The van der Waals surface area contributed by atoms with Crippen LogP contribution in [0.2, 0.25) is 0 Å². The molecule has 88 valence electrons. The van der Waals surface area contributed by atoms with E-state index in [1.54, 1.807) is 0 Å². The number of primary amides is 1. The average molecular weight is 228 g/mol. The van der Waals surface area contributed by atoms with E-state index in [4.69, 9.17) is 5.73 Å². The highest BCUT2D eigenvalue weighted by atomic mass is 16.1. The van der Waals surface area contributed by atoms with Crippen molar-refractivity contribution in [2.45, 2.75) is 31.6 Å². The topological polar surface area (TPSA) is 58.9 Å². The molecule has 0 spiro atoms. The third-order valence-corrected chi connectivity index (χ3v) is 3.71. The summed E-state index contributed by atoms with van der Waals surface area (Å²) in [5, 5.41) is 1.25. The van der Waals surface area contributed by atoms with Crippen LogP contribution in [0.15, 0.2) is 24.3 Å². The van der Waals surface area contributed by atoms with Gasteiger partial charge in [0.1, 0.15) is 0 Å². The van der Waals surface area contributed by atoms with Gasteiger partial charge in [-0.05, 0) is 30.9 Å². The monoisotopic (exact) mass is 228 g/mol. The summed E-state index contributed by atoms with van der Waals surface area (Å²) >= 11 is 0. The molecule has 17 heavy (non-hydrogen) atoms. The van der Waals surface area contributed by atoms with Gasteiger partial charge in [0.2, 0.25) is 5.91 Å². The van der Waals surface area contributed by atoms with Crippen molar-refractivity contribution in [1.29, 1.82) is 0 Å². The molecule has 3 N–H and O–H groups in total. The first-order chi connectivity index (χ1) is 8.27. The maximum Gasteiger partial charge on any atom is 0.226 e. The molecule has 3 heteroatoms. The fourth-order valence-corrected chi connectivity index (χ4v) is 2.87. The van der Waals surface area contributed by atoms with Crippen LogP contribution in [-0.2, 0) is 11.2 Å². The van der Waals surface area contributed by atoms with Gasteiger partial charge >= 0.3 is 0 Å². The van der Waals surface area contributed by atoms with Crippen molar-refractivity contribution in [2.75, 3.05) is 0 Å². The van der Waals surface area contributed by atoms with Gasteiger partial charge in [-0.3, -0.25) is 4.79 Å². The molecular weight excluding hydrogens is 212 g/mol. The Bertz CT molecular complexity index is 571. The van der Waals surface area contributed by atoms with E-state index in [0.29, 0.717) is 0 Å². The largest absolute Gasteiger partial charge is 0.369 e. The van der Waals surface area contributed by atoms with E-state index in [1.165, 1.54) is 10.9 Å². The normalized spacial score (nSPS) is 19.9. The van der Waals surface area contributed by atoms with Crippen LogP contribution >= 0.6 is 0 Å². The lowest BCUT2D eigenvalue weighted by Crippen LogP contribution is -2.21. The number of carbonyl (C=O) groups excluding carboxylic acids is 1. The van der Waals surface area contributed by atoms with Gasteiger partial charge in [-0.25, -0.2) is 0 Å².